The number of carbonyl (C=O) groups excluding carboxylic acids is 2. The van der Waals surface area contributed by atoms with Gasteiger partial charge in [0.1, 0.15) is 17.1 Å². The molecule has 30 heavy (non-hydrogen) atoms. The Bertz CT molecular complexity index is 896. The lowest BCUT2D eigenvalue weighted by Crippen LogP contribution is -2.27. The molecule has 0 amide bonds. The molecule has 1 heterocycles. The third-order valence-corrected chi connectivity index (χ3v) is 6.18. The zero-order valence-corrected chi connectivity index (χ0v) is 19.4. The third-order valence-electron chi connectivity index (χ3n) is 5.71. The van der Waals surface area contributed by atoms with E-state index in [1.807, 2.05) is 33.8 Å². The number of ether oxygens (including phenoxy) is 2. The number of halogens is 1. The first-order chi connectivity index (χ1) is 14.0. The Morgan fingerprint density at radius 3 is 2.53 bits per heavy atom. The maximum Gasteiger partial charge on any atom is 0.167 e. The van der Waals surface area contributed by atoms with Gasteiger partial charge in [-0.3, -0.25) is 9.59 Å². The van der Waals surface area contributed by atoms with E-state index in [1.165, 1.54) is 7.11 Å². The second kappa shape index (κ2) is 9.80. The smallest absolute Gasteiger partial charge is 0.167 e. The number of benzene rings is 1. The Morgan fingerprint density at radius 2 is 2.00 bits per heavy atom. The van der Waals surface area contributed by atoms with Crippen molar-refractivity contribution in [2.75, 3.05) is 7.11 Å². The number of aldehydes is 1. The Labute approximate surface area is 183 Å². The first kappa shape index (κ1) is 24.2. The highest BCUT2D eigenvalue weighted by atomic mass is 35.5. The summed E-state index contributed by atoms with van der Waals surface area (Å²) in [6.07, 6.45) is 7.14. The Balaban J connectivity index is 2.07. The van der Waals surface area contributed by atoms with Gasteiger partial charge in [-0.25, -0.2) is 0 Å². The number of Topliss-reactive ketones (excluding diaryl/α,β-unsaturated/α-hetero) is 1. The number of hydrogen-bond acceptors (Lipinski definition) is 5. The van der Waals surface area contributed by atoms with Crippen LogP contribution in [0.25, 0.3) is 0 Å². The highest BCUT2D eigenvalue weighted by Crippen LogP contribution is 2.41. The van der Waals surface area contributed by atoms with E-state index in [9.17, 15) is 14.7 Å². The molecule has 1 saturated heterocycles. The molecule has 0 saturated carbocycles. The van der Waals surface area contributed by atoms with Gasteiger partial charge in [0.05, 0.1) is 23.8 Å². The van der Waals surface area contributed by atoms with Gasteiger partial charge in [0.15, 0.2) is 12.1 Å². The van der Waals surface area contributed by atoms with Crippen molar-refractivity contribution in [1.82, 2.24) is 0 Å². The van der Waals surface area contributed by atoms with Gasteiger partial charge in [-0.2, -0.15) is 0 Å². The monoisotopic (exact) mass is 434 g/mol. The first-order valence-corrected chi connectivity index (χ1v) is 10.5. The summed E-state index contributed by atoms with van der Waals surface area (Å²) in [5.41, 5.74) is 2.86. The van der Waals surface area contributed by atoms with Crippen LogP contribution in [0.5, 0.6) is 11.5 Å². The van der Waals surface area contributed by atoms with Crippen molar-refractivity contribution in [2.45, 2.75) is 72.0 Å². The van der Waals surface area contributed by atoms with E-state index in [2.05, 4.69) is 6.08 Å². The molecule has 1 aliphatic heterocycles. The fraction of sp³-hybridized carbons (Fsp3) is 0.500. The van der Waals surface area contributed by atoms with Gasteiger partial charge >= 0.3 is 0 Å². The predicted molar refractivity (Wildman–Crippen MR) is 119 cm³/mol. The molecule has 0 aromatic heterocycles. The summed E-state index contributed by atoms with van der Waals surface area (Å²) in [7, 11) is 1.47. The molecule has 5 nitrogen and oxygen atoms in total. The van der Waals surface area contributed by atoms with Gasteiger partial charge in [-0.1, -0.05) is 29.3 Å². The van der Waals surface area contributed by atoms with Crippen molar-refractivity contribution in [3.05, 3.63) is 45.0 Å². The molecule has 0 spiro atoms. The molecule has 2 rings (SSSR count). The highest BCUT2D eigenvalue weighted by molar-refractivity contribution is 6.33. The Hall–Kier alpha value is -2.11. The van der Waals surface area contributed by atoms with Crippen LogP contribution in [0.15, 0.2) is 23.3 Å². The lowest BCUT2D eigenvalue weighted by atomic mass is 9.98. The van der Waals surface area contributed by atoms with Crippen LogP contribution in [0.1, 0.15) is 68.4 Å². The SMILES string of the molecule is COc1c(C=O)c(C)c(Cl)c(O)c1C/C=C(/C)CC/C=C(/C)C1CC(=O)C(C)(C)O1. The van der Waals surface area contributed by atoms with Crippen molar-refractivity contribution >= 4 is 23.7 Å². The van der Waals surface area contributed by atoms with Crippen LogP contribution in [0, 0.1) is 6.92 Å². The number of allylic oxidation sites excluding steroid dienone is 3. The predicted octanol–water partition coefficient (Wildman–Crippen LogP) is 5.53. The van der Waals surface area contributed by atoms with E-state index in [1.54, 1.807) is 6.92 Å². The Kier molecular flexibility index (Phi) is 7.89. The molecule has 1 N–H and O–H groups in total. The molecule has 1 fully saturated rings. The van der Waals surface area contributed by atoms with Crippen molar-refractivity contribution < 1.29 is 24.2 Å². The molecule has 1 aromatic rings. The molecule has 0 bridgehead atoms. The molecule has 0 radical (unpaired) electrons. The molecule has 1 aromatic carbocycles. The van der Waals surface area contributed by atoms with Crippen LogP contribution in [0.2, 0.25) is 5.02 Å². The van der Waals surface area contributed by atoms with Crippen molar-refractivity contribution in [3.63, 3.8) is 0 Å². The summed E-state index contributed by atoms with van der Waals surface area (Å²) in [5.74, 6) is 0.438. The van der Waals surface area contributed by atoms with Crippen LogP contribution >= 0.6 is 11.6 Å². The quantitative estimate of drug-likeness (QED) is 0.430. The number of methoxy groups -OCH3 is 1. The van der Waals surface area contributed by atoms with Crippen LogP contribution in [-0.2, 0) is 16.0 Å². The zero-order chi connectivity index (χ0) is 22.6. The maximum absolute atomic E-state index is 12.0. The van der Waals surface area contributed by atoms with E-state index in [0.717, 1.165) is 24.0 Å². The summed E-state index contributed by atoms with van der Waals surface area (Å²) < 4.78 is 11.2. The van der Waals surface area contributed by atoms with Gasteiger partial charge in [-0.15, -0.1) is 0 Å². The second-order valence-corrected chi connectivity index (χ2v) is 8.69. The second-order valence-electron chi connectivity index (χ2n) is 8.32. The fourth-order valence-corrected chi connectivity index (χ4v) is 3.82. The van der Waals surface area contributed by atoms with E-state index < -0.39 is 5.60 Å². The number of phenols is 1. The number of carbonyl (C=O) groups is 2. The number of rotatable bonds is 8. The Morgan fingerprint density at radius 1 is 1.33 bits per heavy atom. The molecule has 1 unspecified atom stereocenters. The van der Waals surface area contributed by atoms with Crippen LogP contribution in [-0.4, -0.2) is 36.0 Å². The maximum atomic E-state index is 12.0. The van der Waals surface area contributed by atoms with Gasteiger partial charge in [-0.05, 0) is 65.0 Å². The van der Waals surface area contributed by atoms with E-state index in [-0.39, 0.29) is 22.7 Å². The van der Waals surface area contributed by atoms with E-state index in [4.69, 9.17) is 21.1 Å². The summed E-state index contributed by atoms with van der Waals surface area (Å²) >= 11 is 6.19. The summed E-state index contributed by atoms with van der Waals surface area (Å²) in [6.45, 7) is 9.31. The minimum absolute atomic E-state index is 0.0536. The van der Waals surface area contributed by atoms with Crippen molar-refractivity contribution in [1.29, 1.82) is 0 Å². The molecule has 6 heteroatoms. The first-order valence-electron chi connectivity index (χ1n) is 10.1. The average molecular weight is 435 g/mol. The summed E-state index contributed by atoms with van der Waals surface area (Å²) in [6, 6.07) is 0. The molecule has 1 atom stereocenters. The van der Waals surface area contributed by atoms with Crippen molar-refractivity contribution in [3.8, 4) is 11.5 Å². The molecular weight excluding hydrogens is 404 g/mol. The summed E-state index contributed by atoms with van der Waals surface area (Å²) in [4.78, 5) is 23.4. The minimum Gasteiger partial charge on any atom is -0.506 e. The standard InChI is InChI=1S/C24H31ClO5/c1-14(8-7-9-15(2)19-12-20(27)24(4,5)30-19)10-11-17-22(28)21(25)16(3)18(13-26)23(17)29-6/h9-10,13,19,28H,7-8,11-12H2,1-6H3/b14-10-,15-9-. The van der Waals surface area contributed by atoms with Gasteiger partial charge < -0.3 is 14.6 Å². The number of aromatic hydroxyl groups is 1. The van der Waals surface area contributed by atoms with Crippen LogP contribution in [0.4, 0.5) is 0 Å². The fourth-order valence-electron chi connectivity index (χ4n) is 3.60. The zero-order valence-electron chi connectivity index (χ0n) is 18.6. The molecule has 164 valence electrons. The van der Waals surface area contributed by atoms with Gasteiger partial charge in [0.2, 0.25) is 0 Å². The van der Waals surface area contributed by atoms with Crippen molar-refractivity contribution in [2.24, 2.45) is 0 Å². The average Bonchev–Trinajstić information content (AvgIpc) is 2.97. The number of ketones is 1. The summed E-state index contributed by atoms with van der Waals surface area (Å²) in [5, 5.41) is 10.6. The van der Waals surface area contributed by atoms with Gasteiger partial charge in [0.25, 0.3) is 0 Å². The number of phenolic OH excluding ortho intramolecular Hbond substituents is 1. The molecule has 0 aliphatic carbocycles. The van der Waals surface area contributed by atoms with Gasteiger partial charge in [0, 0.05) is 12.0 Å². The molecule has 1 aliphatic rings. The third kappa shape index (κ3) is 5.13. The molecular formula is C24H31ClO5. The van der Waals surface area contributed by atoms with E-state index >= 15 is 0 Å². The largest absolute Gasteiger partial charge is 0.506 e. The normalized spacial score (nSPS) is 19.3. The van der Waals surface area contributed by atoms with Crippen LogP contribution < -0.4 is 4.74 Å². The van der Waals surface area contributed by atoms with E-state index in [0.29, 0.717) is 41.6 Å². The minimum atomic E-state index is -0.702. The topological polar surface area (TPSA) is 72.8 Å². The lowest BCUT2D eigenvalue weighted by molar-refractivity contribution is -0.129. The van der Waals surface area contributed by atoms with Crippen LogP contribution in [0.3, 0.4) is 0 Å². The number of hydrogen-bond donors (Lipinski definition) is 1. The lowest BCUT2D eigenvalue weighted by Gasteiger charge is -2.18. The highest BCUT2D eigenvalue weighted by Gasteiger charge is 2.40.